The molecule has 0 aromatic carbocycles. The highest BCUT2D eigenvalue weighted by molar-refractivity contribution is 7.88. The molecule has 0 radical (unpaired) electrons. The second kappa shape index (κ2) is 5.80. The Labute approximate surface area is 108 Å². The summed E-state index contributed by atoms with van der Waals surface area (Å²) in [5, 5.41) is 20.7. The minimum Gasteiger partial charge on any atom is -0.480 e. The van der Waals surface area contributed by atoms with Gasteiger partial charge in [-0.1, -0.05) is 5.16 Å². The van der Waals surface area contributed by atoms with Gasteiger partial charge in [0.2, 0.25) is 10.0 Å². The fourth-order valence-electron chi connectivity index (χ4n) is 1.32. The quantitative estimate of drug-likeness (QED) is 0.671. The van der Waals surface area contributed by atoms with Gasteiger partial charge < -0.3 is 14.7 Å². The first-order valence-electron chi connectivity index (χ1n) is 5.04. The number of nitrogens with zero attached hydrogens (tertiary/aromatic N) is 2. The summed E-state index contributed by atoms with van der Waals surface area (Å²) < 4.78 is 28.8. The molecule has 0 aliphatic heterocycles. The molecule has 0 amide bonds. The van der Waals surface area contributed by atoms with E-state index in [1.807, 2.05) is 0 Å². The van der Waals surface area contributed by atoms with Gasteiger partial charge in [-0.15, -0.1) is 0 Å². The summed E-state index contributed by atoms with van der Waals surface area (Å²) in [5.74, 6) is -3.11. The van der Waals surface area contributed by atoms with Gasteiger partial charge in [0.25, 0.3) is 0 Å². The van der Waals surface area contributed by atoms with Gasteiger partial charge in [-0.2, -0.15) is 4.31 Å². The van der Waals surface area contributed by atoms with Crippen molar-refractivity contribution < 1.29 is 32.7 Å². The Morgan fingerprint density at radius 3 is 2.21 bits per heavy atom. The predicted octanol–water partition coefficient (Wildman–Crippen LogP) is -0.716. The zero-order valence-corrected chi connectivity index (χ0v) is 10.8. The molecule has 0 saturated heterocycles. The summed E-state index contributed by atoms with van der Waals surface area (Å²) in [6.07, 6.45) is 0. The van der Waals surface area contributed by atoms with Crippen LogP contribution in [0, 0.1) is 6.92 Å². The Bertz CT molecular complexity index is 561. The van der Waals surface area contributed by atoms with Crippen LogP contribution in [0.25, 0.3) is 0 Å². The maximum Gasteiger partial charge on any atom is 0.318 e. The standard InChI is InChI=1S/C9H12N2O7S/c1-6-2-7(10-18-6)5-19(16,17)11(3-8(12)13)4-9(14)15/h2H,3-5H2,1H3,(H,12,13)(H,14,15). The van der Waals surface area contributed by atoms with Crippen molar-refractivity contribution in [2.75, 3.05) is 13.1 Å². The van der Waals surface area contributed by atoms with E-state index in [9.17, 15) is 18.0 Å². The van der Waals surface area contributed by atoms with E-state index in [0.29, 0.717) is 10.1 Å². The van der Waals surface area contributed by atoms with Crippen molar-refractivity contribution >= 4 is 22.0 Å². The normalized spacial score (nSPS) is 11.7. The lowest BCUT2D eigenvalue weighted by Gasteiger charge is -2.17. The molecule has 0 spiro atoms. The second-order valence-electron chi connectivity index (χ2n) is 3.74. The van der Waals surface area contributed by atoms with Crippen molar-refractivity contribution in [2.24, 2.45) is 0 Å². The van der Waals surface area contributed by atoms with Crippen LogP contribution in [0.1, 0.15) is 11.5 Å². The monoisotopic (exact) mass is 292 g/mol. The average molecular weight is 292 g/mol. The van der Waals surface area contributed by atoms with Crippen LogP contribution in [0.2, 0.25) is 0 Å². The van der Waals surface area contributed by atoms with Crippen LogP contribution in [0.5, 0.6) is 0 Å². The minimum atomic E-state index is -4.10. The van der Waals surface area contributed by atoms with Crippen LogP contribution in [-0.4, -0.2) is 53.1 Å². The minimum absolute atomic E-state index is 0.0817. The Hall–Kier alpha value is -1.94. The van der Waals surface area contributed by atoms with Crippen molar-refractivity contribution in [1.82, 2.24) is 9.46 Å². The molecule has 1 rings (SSSR count). The number of sulfonamides is 1. The van der Waals surface area contributed by atoms with Gasteiger partial charge in [0.1, 0.15) is 30.3 Å². The lowest BCUT2D eigenvalue weighted by molar-refractivity contribution is -0.139. The number of aromatic nitrogens is 1. The Balaban J connectivity index is 2.91. The first-order valence-corrected chi connectivity index (χ1v) is 6.65. The fraction of sp³-hybridized carbons (Fsp3) is 0.444. The SMILES string of the molecule is Cc1cc(CS(=O)(=O)N(CC(=O)O)CC(=O)O)no1. The molecular formula is C9H12N2O7S. The molecule has 10 heteroatoms. The van der Waals surface area contributed by atoms with E-state index < -0.39 is 40.8 Å². The van der Waals surface area contributed by atoms with Crippen LogP contribution in [0.3, 0.4) is 0 Å². The molecular weight excluding hydrogens is 280 g/mol. The number of carbonyl (C=O) groups is 2. The van der Waals surface area contributed by atoms with E-state index in [4.69, 9.17) is 10.2 Å². The first kappa shape index (κ1) is 15.1. The fourth-order valence-corrected chi connectivity index (χ4v) is 2.63. The van der Waals surface area contributed by atoms with Gasteiger partial charge in [0, 0.05) is 6.07 Å². The number of carboxylic acids is 2. The lowest BCUT2D eigenvalue weighted by Crippen LogP contribution is -2.40. The van der Waals surface area contributed by atoms with E-state index in [-0.39, 0.29) is 5.69 Å². The van der Waals surface area contributed by atoms with Crippen molar-refractivity contribution in [3.05, 3.63) is 17.5 Å². The van der Waals surface area contributed by atoms with E-state index in [1.54, 1.807) is 6.92 Å². The van der Waals surface area contributed by atoms with E-state index in [2.05, 4.69) is 9.68 Å². The number of hydrogen-bond donors (Lipinski definition) is 2. The molecule has 0 saturated carbocycles. The molecule has 1 heterocycles. The zero-order valence-electron chi connectivity index (χ0n) is 9.94. The third-order valence-electron chi connectivity index (χ3n) is 2.02. The second-order valence-corrected chi connectivity index (χ2v) is 5.71. The summed E-state index contributed by atoms with van der Waals surface area (Å²) in [6.45, 7) is -0.285. The van der Waals surface area contributed by atoms with Crippen LogP contribution < -0.4 is 0 Å². The molecule has 0 bridgehead atoms. The molecule has 0 fully saturated rings. The maximum absolute atomic E-state index is 11.9. The smallest absolute Gasteiger partial charge is 0.318 e. The Morgan fingerprint density at radius 2 is 1.84 bits per heavy atom. The summed E-state index contributed by atoms with van der Waals surface area (Å²) in [4.78, 5) is 21.1. The average Bonchev–Trinajstić information content (AvgIpc) is 2.60. The largest absolute Gasteiger partial charge is 0.480 e. The summed E-state index contributed by atoms with van der Waals surface area (Å²) in [6, 6.07) is 1.37. The molecule has 2 N–H and O–H groups in total. The topological polar surface area (TPSA) is 138 Å². The van der Waals surface area contributed by atoms with Crippen LogP contribution >= 0.6 is 0 Å². The predicted molar refractivity (Wildman–Crippen MR) is 60.7 cm³/mol. The van der Waals surface area contributed by atoms with Gasteiger partial charge in [0.05, 0.1) is 0 Å². The third kappa shape index (κ3) is 4.67. The van der Waals surface area contributed by atoms with Crippen molar-refractivity contribution in [2.45, 2.75) is 12.7 Å². The molecule has 0 atom stereocenters. The number of hydrogen-bond acceptors (Lipinski definition) is 6. The number of rotatable bonds is 7. The molecule has 1 aromatic rings. The molecule has 106 valence electrons. The van der Waals surface area contributed by atoms with Crippen molar-refractivity contribution in [3.8, 4) is 0 Å². The Kier molecular flexibility index (Phi) is 4.62. The van der Waals surface area contributed by atoms with Crippen LogP contribution in [0.15, 0.2) is 10.6 Å². The van der Waals surface area contributed by atoms with Gasteiger partial charge in [0.15, 0.2) is 0 Å². The van der Waals surface area contributed by atoms with Crippen LogP contribution in [-0.2, 0) is 25.4 Å². The molecule has 1 aromatic heterocycles. The van der Waals surface area contributed by atoms with Gasteiger partial charge in [-0.05, 0) is 6.92 Å². The van der Waals surface area contributed by atoms with Crippen molar-refractivity contribution in [3.63, 3.8) is 0 Å². The summed E-state index contributed by atoms with van der Waals surface area (Å²) in [7, 11) is -4.10. The van der Waals surface area contributed by atoms with E-state index in [0.717, 1.165) is 0 Å². The molecule has 0 aliphatic carbocycles. The molecule has 0 unspecified atom stereocenters. The summed E-state index contributed by atoms with van der Waals surface area (Å²) in [5.41, 5.74) is 0.0817. The van der Waals surface area contributed by atoms with Crippen LogP contribution in [0.4, 0.5) is 0 Å². The highest BCUT2D eigenvalue weighted by Gasteiger charge is 2.28. The molecule has 19 heavy (non-hydrogen) atoms. The highest BCUT2D eigenvalue weighted by Crippen LogP contribution is 2.11. The van der Waals surface area contributed by atoms with Crippen molar-refractivity contribution in [1.29, 1.82) is 0 Å². The van der Waals surface area contributed by atoms with E-state index >= 15 is 0 Å². The number of carboxylic acid groups (broad SMARTS) is 2. The lowest BCUT2D eigenvalue weighted by atomic mass is 10.4. The maximum atomic E-state index is 11.9. The zero-order chi connectivity index (χ0) is 14.6. The first-order chi connectivity index (χ1) is 8.70. The molecule has 9 nitrogen and oxygen atoms in total. The summed E-state index contributed by atoms with van der Waals surface area (Å²) >= 11 is 0. The highest BCUT2D eigenvalue weighted by atomic mass is 32.2. The Morgan fingerprint density at radius 1 is 1.32 bits per heavy atom. The third-order valence-corrected chi connectivity index (χ3v) is 3.73. The number of aryl methyl sites for hydroxylation is 1. The molecule has 0 aliphatic rings. The van der Waals surface area contributed by atoms with E-state index in [1.165, 1.54) is 6.07 Å². The van der Waals surface area contributed by atoms with Gasteiger partial charge >= 0.3 is 11.9 Å². The van der Waals surface area contributed by atoms with Gasteiger partial charge in [-0.25, -0.2) is 8.42 Å². The number of aliphatic carboxylic acids is 2. The van der Waals surface area contributed by atoms with Gasteiger partial charge in [-0.3, -0.25) is 9.59 Å².